The van der Waals surface area contributed by atoms with Crippen LogP contribution in [-0.4, -0.2) is 6.16 Å². The fraction of sp³-hybridized carbons (Fsp3) is 0.455. The van der Waals surface area contributed by atoms with Crippen LogP contribution in [0.2, 0.25) is 0 Å². The lowest BCUT2D eigenvalue weighted by Crippen LogP contribution is -1.92. The van der Waals surface area contributed by atoms with E-state index in [9.17, 15) is 4.57 Å². The average Bonchev–Trinajstić information content (AvgIpc) is 2.16. The lowest BCUT2D eigenvalue weighted by Gasteiger charge is -2.07. The zero-order valence-electron chi connectivity index (χ0n) is 8.69. The molecule has 0 spiro atoms. The van der Waals surface area contributed by atoms with Crippen LogP contribution in [0.3, 0.4) is 0 Å². The molecule has 0 saturated heterocycles. The predicted molar refractivity (Wildman–Crippen MR) is 60.4 cm³/mol. The molecule has 0 aromatic heterocycles. The monoisotopic (exact) mass is 212 g/mol. The summed E-state index contributed by atoms with van der Waals surface area (Å²) in [6.45, 7) is 4.25. The average molecular weight is 212 g/mol. The number of hydrogen-bond acceptors (Lipinski definition) is 2. The molecule has 0 heterocycles. The van der Waals surface area contributed by atoms with E-state index in [1.54, 1.807) is 0 Å². The maximum absolute atomic E-state index is 11.5. The van der Waals surface area contributed by atoms with Crippen molar-refractivity contribution >= 4 is 8.03 Å². The van der Waals surface area contributed by atoms with Crippen molar-refractivity contribution in [2.24, 2.45) is 5.92 Å². The second-order valence-corrected chi connectivity index (χ2v) is 5.17. The van der Waals surface area contributed by atoms with Crippen LogP contribution in [0.15, 0.2) is 30.3 Å². The van der Waals surface area contributed by atoms with Crippen LogP contribution < -0.4 is 4.52 Å². The molecule has 3 heteroatoms. The van der Waals surface area contributed by atoms with E-state index in [1.807, 2.05) is 30.3 Å². The zero-order valence-corrected chi connectivity index (χ0v) is 9.69. The second-order valence-electron chi connectivity index (χ2n) is 3.72. The van der Waals surface area contributed by atoms with Crippen LogP contribution in [0.4, 0.5) is 0 Å². The number of para-hydroxylation sites is 1. The van der Waals surface area contributed by atoms with E-state index in [0.717, 1.165) is 6.42 Å². The van der Waals surface area contributed by atoms with Crippen molar-refractivity contribution < 1.29 is 9.09 Å². The molecule has 0 fully saturated rings. The van der Waals surface area contributed by atoms with Crippen LogP contribution in [-0.2, 0) is 4.57 Å². The van der Waals surface area contributed by atoms with Crippen molar-refractivity contribution in [3.8, 4) is 5.75 Å². The Morgan fingerprint density at radius 1 is 1.29 bits per heavy atom. The quantitative estimate of drug-likeness (QED) is 0.697. The standard InChI is InChI=1S/C11H17O2P/c1-10(2)8-9-14(12)13-11-6-4-3-5-7-11/h3-7,10,14H,8-9H2,1-2H3. The first-order valence-electron chi connectivity index (χ1n) is 4.94. The first-order valence-corrected chi connectivity index (χ1v) is 6.46. The summed E-state index contributed by atoms with van der Waals surface area (Å²) >= 11 is 0. The van der Waals surface area contributed by atoms with Crippen LogP contribution >= 0.6 is 8.03 Å². The lowest BCUT2D eigenvalue weighted by molar-refractivity contribution is 0.496. The first-order chi connectivity index (χ1) is 6.68. The summed E-state index contributed by atoms with van der Waals surface area (Å²) in [6, 6.07) is 9.34. The molecule has 0 aliphatic heterocycles. The summed E-state index contributed by atoms with van der Waals surface area (Å²) in [5.41, 5.74) is 0. The summed E-state index contributed by atoms with van der Waals surface area (Å²) in [5, 5.41) is 0. The van der Waals surface area contributed by atoms with Gasteiger partial charge < -0.3 is 4.52 Å². The van der Waals surface area contributed by atoms with Gasteiger partial charge in [-0.1, -0.05) is 32.0 Å². The fourth-order valence-electron chi connectivity index (χ4n) is 1.08. The third kappa shape index (κ3) is 4.48. The van der Waals surface area contributed by atoms with Gasteiger partial charge in [0.1, 0.15) is 5.75 Å². The summed E-state index contributed by atoms with van der Waals surface area (Å²) < 4.78 is 16.8. The SMILES string of the molecule is CC(C)CC[PH](=O)Oc1ccccc1. The Morgan fingerprint density at radius 2 is 1.93 bits per heavy atom. The van der Waals surface area contributed by atoms with Gasteiger partial charge in [0.2, 0.25) is 8.03 Å². The largest absolute Gasteiger partial charge is 0.445 e. The molecule has 1 unspecified atom stereocenters. The van der Waals surface area contributed by atoms with E-state index < -0.39 is 8.03 Å². The van der Waals surface area contributed by atoms with Gasteiger partial charge in [0.05, 0.1) is 0 Å². The molecule has 0 aliphatic rings. The molecule has 1 aromatic carbocycles. The number of hydrogen-bond donors (Lipinski definition) is 0. The maximum atomic E-state index is 11.5. The van der Waals surface area contributed by atoms with E-state index in [0.29, 0.717) is 17.8 Å². The normalized spacial score (nSPS) is 12.8. The summed E-state index contributed by atoms with van der Waals surface area (Å²) in [7, 11) is -1.89. The molecule has 2 nitrogen and oxygen atoms in total. The molecule has 0 N–H and O–H groups in total. The second kappa shape index (κ2) is 5.87. The molecule has 0 aliphatic carbocycles. The van der Waals surface area contributed by atoms with Gasteiger partial charge in [-0.2, -0.15) is 0 Å². The Kier molecular flexibility index (Phi) is 4.75. The van der Waals surface area contributed by atoms with Crippen molar-refractivity contribution in [3.63, 3.8) is 0 Å². The van der Waals surface area contributed by atoms with Gasteiger partial charge >= 0.3 is 0 Å². The Morgan fingerprint density at radius 3 is 2.50 bits per heavy atom. The highest BCUT2D eigenvalue weighted by Gasteiger charge is 2.02. The van der Waals surface area contributed by atoms with E-state index in [4.69, 9.17) is 4.52 Å². The molecule has 1 aromatic rings. The minimum Gasteiger partial charge on any atom is -0.445 e. The third-order valence-corrected chi connectivity index (χ3v) is 3.06. The Hall–Kier alpha value is -0.750. The molecule has 0 saturated carbocycles. The molecular weight excluding hydrogens is 195 g/mol. The van der Waals surface area contributed by atoms with Crippen LogP contribution in [0, 0.1) is 5.92 Å². The molecule has 14 heavy (non-hydrogen) atoms. The van der Waals surface area contributed by atoms with Crippen molar-refractivity contribution in [2.45, 2.75) is 20.3 Å². The molecule has 0 bridgehead atoms. The van der Waals surface area contributed by atoms with Gasteiger partial charge in [0.15, 0.2) is 0 Å². The molecular formula is C11H17O2P. The highest BCUT2D eigenvalue weighted by Crippen LogP contribution is 2.28. The van der Waals surface area contributed by atoms with Crippen molar-refractivity contribution in [3.05, 3.63) is 30.3 Å². The topological polar surface area (TPSA) is 26.3 Å². The van der Waals surface area contributed by atoms with Gasteiger partial charge in [0, 0.05) is 6.16 Å². The van der Waals surface area contributed by atoms with Gasteiger partial charge in [0.25, 0.3) is 0 Å². The number of benzene rings is 1. The highest BCUT2D eigenvalue weighted by atomic mass is 31.1. The Bertz CT molecular complexity index is 283. The Balaban J connectivity index is 2.35. The fourth-order valence-corrected chi connectivity index (χ4v) is 2.39. The Labute approximate surface area is 86.2 Å². The predicted octanol–water partition coefficient (Wildman–Crippen LogP) is 3.59. The maximum Gasteiger partial charge on any atom is 0.236 e. The molecule has 0 radical (unpaired) electrons. The van der Waals surface area contributed by atoms with Gasteiger partial charge in [-0.05, 0) is 24.5 Å². The highest BCUT2D eigenvalue weighted by molar-refractivity contribution is 7.39. The van der Waals surface area contributed by atoms with Crippen molar-refractivity contribution in [2.75, 3.05) is 6.16 Å². The smallest absolute Gasteiger partial charge is 0.236 e. The first kappa shape index (κ1) is 11.3. The zero-order chi connectivity index (χ0) is 10.4. The van der Waals surface area contributed by atoms with Gasteiger partial charge in [-0.25, -0.2) is 0 Å². The number of rotatable bonds is 5. The van der Waals surface area contributed by atoms with Crippen molar-refractivity contribution in [1.29, 1.82) is 0 Å². The summed E-state index contributed by atoms with van der Waals surface area (Å²) in [6.07, 6.45) is 1.64. The summed E-state index contributed by atoms with van der Waals surface area (Å²) in [4.78, 5) is 0. The molecule has 0 amide bonds. The van der Waals surface area contributed by atoms with E-state index >= 15 is 0 Å². The minimum absolute atomic E-state index is 0.586. The van der Waals surface area contributed by atoms with Crippen LogP contribution in [0.25, 0.3) is 0 Å². The summed E-state index contributed by atoms with van der Waals surface area (Å²) in [5.74, 6) is 1.29. The van der Waals surface area contributed by atoms with Gasteiger partial charge in [-0.3, -0.25) is 4.57 Å². The van der Waals surface area contributed by atoms with E-state index in [2.05, 4.69) is 13.8 Å². The minimum atomic E-state index is -1.89. The van der Waals surface area contributed by atoms with Crippen LogP contribution in [0.1, 0.15) is 20.3 Å². The third-order valence-electron chi connectivity index (χ3n) is 1.90. The molecule has 1 rings (SSSR count). The van der Waals surface area contributed by atoms with E-state index in [1.165, 1.54) is 0 Å². The van der Waals surface area contributed by atoms with Crippen molar-refractivity contribution in [1.82, 2.24) is 0 Å². The molecule has 1 atom stereocenters. The molecule has 78 valence electrons. The van der Waals surface area contributed by atoms with Crippen LogP contribution in [0.5, 0.6) is 5.75 Å². The van der Waals surface area contributed by atoms with Gasteiger partial charge in [-0.15, -0.1) is 0 Å². The van der Waals surface area contributed by atoms with E-state index in [-0.39, 0.29) is 0 Å². The lowest BCUT2D eigenvalue weighted by atomic mass is 10.2.